The zero-order valence-electron chi connectivity index (χ0n) is 9.20. The van der Waals surface area contributed by atoms with Gasteiger partial charge in [0.05, 0.1) is 0 Å². The number of aromatic hydroxyl groups is 1. The topological polar surface area (TPSA) is 20.2 Å². The van der Waals surface area contributed by atoms with Crippen LogP contribution in [0, 0.1) is 5.82 Å². The first-order valence-corrected chi connectivity index (χ1v) is 12.3. The number of benzene rings is 2. The fourth-order valence-corrected chi connectivity index (χ4v) is 2.35. The number of hydrogen-bond acceptors (Lipinski definition) is 1. The summed E-state index contributed by atoms with van der Waals surface area (Å²) in [7, 11) is 10.0. The molecule has 6 heteroatoms. The second-order valence-corrected chi connectivity index (χ2v) is 8.25. The summed E-state index contributed by atoms with van der Waals surface area (Å²) in [5.74, 6) is -0.00169. The third-order valence-electron chi connectivity index (χ3n) is 2.05. The summed E-state index contributed by atoms with van der Waals surface area (Å²) in [6.45, 7) is 0. The van der Waals surface area contributed by atoms with Crippen LogP contribution >= 0.6 is 25.6 Å². The van der Waals surface area contributed by atoms with Crippen LogP contribution < -0.4 is 10.6 Å². The van der Waals surface area contributed by atoms with Crippen molar-refractivity contribution in [2.24, 2.45) is 0 Å². The van der Waals surface area contributed by atoms with Gasteiger partial charge in [0.2, 0.25) is 0 Å². The molecule has 18 heavy (non-hydrogen) atoms. The Balaban J connectivity index is 0.000000492. The van der Waals surface area contributed by atoms with E-state index in [-0.39, 0.29) is 20.1 Å². The number of rotatable bonds is 2. The van der Waals surface area contributed by atoms with Gasteiger partial charge in [0.15, 0.2) is 0 Å². The number of hydrogen-bond donors (Lipinski definition) is 1. The predicted octanol–water partition coefficient (Wildman–Crippen LogP) is 3.54. The van der Waals surface area contributed by atoms with Crippen LogP contribution in [-0.4, -0.2) is 5.11 Å². The van der Waals surface area contributed by atoms with E-state index in [1.54, 1.807) is 36.4 Å². The van der Waals surface area contributed by atoms with Crippen LogP contribution in [0.3, 0.4) is 0 Å². The molecule has 0 aliphatic carbocycles. The van der Waals surface area contributed by atoms with Crippen molar-refractivity contribution in [2.75, 3.05) is 0 Å². The Morgan fingerprint density at radius 3 is 2.00 bits per heavy atom. The van der Waals surface area contributed by atoms with Gasteiger partial charge >= 0.3 is 37.9 Å². The number of halogens is 3. The van der Waals surface area contributed by atoms with E-state index < -0.39 is 20.8 Å². The van der Waals surface area contributed by atoms with E-state index in [1.807, 2.05) is 6.07 Å². The summed E-state index contributed by atoms with van der Waals surface area (Å²) in [5, 5.41) is 10.9. The molecular weight excluding hydrogens is 372 g/mol. The van der Waals surface area contributed by atoms with Gasteiger partial charge in [0.25, 0.3) is 0 Å². The third-order valence-corrected chi connectivity index (χ3v) is 3.41. The van der Waals surface area contributed by atoms with Gasteiger partial charge in [-0.25, -0.2) is 4.39 Å². The quantitative estimate of drug-likeness (QED) is 0.788. The van der Waals surface area contributed by atoms with Gasteiger partial charge in [-0.2, -0.15) is 0 Å². The molecule has 2 rings (SSSR count). The SMILES string of the molecule is Oc1ccccc1Pc1ccccc1F.[Cl][Zr][Cl]. The van der Waals surface area contributed by atoms with Crippen LogP contribution in [0.25, 0.3) is 0 Å². The van der Waals surface area contributed by atoms with Gasteiger partial charge in [0.1, 0.15) is 11.6 Å². The summed E-state index contributed by atoms with van der Waals surface area (Å²) < 4.78 is 13.3. The Labute approximate surface area is 126 Å². The molecule has 0 radical (unpaired) electrons. The molecule has 0 saturated carbocycles. The van der Waals surface area contributed by atoms with Crippen molar-refractivity contribution in [3.63, 3.8) is 0 Å². The molecule has 0 aliphatic heterocycles. The standard InChI is InChI=1S/C12H10FOP.2ClH.Zr/c13-9-5-1-3-7-11(9)15-12-8-4-2-6-10(12)14;;;/h1-8,14-15H;2*1H;/q;;;+2/p-2. The third kappa shape index (κ3) is 5.37. The van der Waals surface area contributed by atoms with Gasteiger partial charge < -0.3 is 5.11 Å². The fourth-order valence-electron chi connectivity index (χ4n) is 1.29. The van der Waals surface area contributed by atoms with Crippen LogP contribution in [0.5, 0.6) is 5.75 Å². The van der Waals surface area contributed by atoms with E-state index in [0.717, 1.165) is 5.30 Å². The van der Waals surface area contributed by atoms with Crippen molar-refractivity contribution in [1.29, 1.82) is 0 Å². The molecule has 0 amide bonds. The molecule has 94 valence electrons. The Morgan fingerprint density at radius 1 is 0.944 bits per heavy atom. The fraction of sp³-hybridized carbons (Fsp3) is 0. The van der Waals surface area contributed by atoms with Crippen LogP contribution in [0.15, 0.2) is 48.5 Å². The Kier molecular flexibility index (Phi) is 8.10. The van der Waals surface area contributed by atoms with Crippen molar-refractivity contribution < 1.29 is 30.3 Å². The van der Waals surface area contributed by atoms with Gasteiger partial charge in [0, 0.05) is 10.6 Å². The van der Waals surface area contributed by atoms with E-state index >= 15 is 0 Å². The minimum absolute atomic E-state index is 0.149. The average Bonchev–Trinajstić information content (AvgIpc) is 2.36. The average molecular weight is 382 g/mol. The summed E-state index contributed by atoms with van der Waals surface area (Å²) in [4.78, 5) is 0. The zero-order valence-corrected chi connectivity index (χ0v) is 14.2. The molecule has 0 aromatic heterocycles. The first-order chi connectivity index (χ1) is 8.69. The van der Waals surface area contributed by atoms with Gasteiger partial charge in [-0.3, -0.25) is 0 Å². The van der Waals surface area contributed by atoms with Crippen LogP contribution in [-0.2, 0) is 20.8 Å². The first-order valence-electron chi connectivity index (χ1n) is 4.95. The van der Waals surface area contributed by atoms with Gasteiger partial charge in [-0.05, 0) is 12.1 Å². The Bertz CT molecular complexity index is 456. The second kappa shape index (κ2) is 9.04. The molecule has 1 nitrogen and oxygen atoms in total. The van der Waals surface area contributed by atoms with E-state index in [0.29, 0.717) is 5.30 Å². The predicted molar refractivity (Wildman–Crippen MR) is 73.8 cm³/mol. The molecule has 1 atom stereocenters. The molecule has 2 aromatic carbocycles. The van der Waals surface area contributed by atoms with Crippen molar-refractivity contribution in [3.05, 3.63) is 54.3 Å². The Hall–Kier alpha value is 0.0631. The summed E-state index contributed by atoms with van der Waals surface area (Å²) >= 11 is -0.826. The molecule has 0 heterocycles. The molecule has 2 aromatic rings. The maximum absolute atomic E-state index is 13.3. The molecule has 0 bridgehead atoms. The molecule has 0 spiro atoms. The minimum atomic E-state index is -0.826. The maximum atomic E-state index is 13.3. The molecular formula is C12H10Cl2FOPZr. The first kappa shape index (κ1) is 16.1. The molecule has 0 saturated heterocycles. The van der Waals surface area contributed by atoms with E-state index in [4.69, 9.17) is 17.0 Å². The van der Waals surface area contributed by atoms with E-state index in [9.17, 15) is 9.50 Å². The summed E-state index contributed by atoms with van der Waals surface area (Å²) in [6, 6.07) is 13.6. The molecule has 1 N–H and O–H groups in total. The van der Waals surface area contributed by atoms with Crippen molar-refractivity contribution in [3.8, 4) is 5.75 Å². The zero-order chi connectivity index (χ0) is 13.4. The summed E-state index contributed by atoms with van der Waals surface area (Å²) in [6.07, 6.45) is 0. The number of phenolic OH excluding ortho intramolecular Hbond substituents is 1. The van der Waals surface area contributed by atoms with Crippen LogP contribution in [0.4, 0.5) is 4.39 Å². The van der Waals surface area contributed by atoms with Gasteiger partial charge in [-0.1, -0.05) is 45.0 Å². The van der Waals surface area contributed by atoms with Crippen molar-refractivity contribution in [1.82, 2.24) is 0 Å². The summed E-state index contributed by atoms with van der Waals surface area (Å²) in [5.41, 5.74) is 0. The van der Waals surface area contributed by atoms with E-state index in [1.165, 1.54) is 6.07 Å². The molecule has 0 fully saturated rings. The Morgan fingerprint density at radius 2 is 1.44 bits per heavy atom. The molecule has 1 unspecified atom stereocenters. The van der Waals surface area contributed by atoms with Crippen molar-refractivity contribution in [2.45, 2.75) is 0 Å². The molecule has 0 aliphatic rings. The van der Waals surface area contributed by atoms with Crippen LogP contribution in [0.1, 0.15) is 0 Å². The van der Waals surface area contributed by atoms with E-state index in [2.05, 4.69) is 0 Å². The van der Waals surface area contributed by atoms with Gasteiger partial charge in [-0.15, -0.1) is 0 Å². The second-order valence-electron chi connectivity index (χ2n) is 3.19. The number of para-hydroxylation sites is 1. The number of phenols is 1. The monoisotopic (exact) mass is 380 g/mol. The van der Waals surface area contributed by atoms with Crippen LogP contribution in [0.2, 0.25) is 0 Å². The normalized spacial score (nSPS) is 9.94. The van der Waals surface area contributed by atoms with Crippen molar-refractivity contribution >= 4 is 36.2 Å².